The molecule has 0 rings (SSSR count). The van der Waals surface area contributed by atoms with E-state index in [1.165, 1.54) is 7.05 Å². The fourth-order valence-corrected chi connectivity index (χ4v) is 0.379. The van der Waals surface area contributed by atoms with Gasteiger partial charge in [-0.05, 0) is 13.8 Å². The van der Waals surface area contributed by atoms with Crippen molar-refractivity contribution in [3.05, 3.63) is 0 Å². The molecule has 9 heavy (non-hydrogen) atoms. The van der Waals surface area contributed by atoms with Gasteiger partial charge in [0.1, 0.15) is 0 Å². The third kappa shape index (κ3) is 2.35. The van der Waals surface area contributed by atoms with Crippen LogP contribution in [0.2, 0.25) is 0 Å². The standard InChI is InChI=1S/C6H14N2O/c1-5(2)8(4)6(9)7-3/h5H,1-4H3,(H,7,9)/p-1. The van der Waals surface area contributed by atoms with Crippen LogP contribution >= 0.6 is 0 Å². The normalized spacial score (nSPS) is 12.3. The molecular weight excluding hydrogens is 116 g/mol. The number of nitrogens with zero attached hydrogens (tertiary/aromatic N) is 2. The highest BCUT2D eigenvalue weighted by molar-refractivity contribution is 5.68. The summed E-state index contributed by atoms with van der Waals surface area (Å²) >= 11 is 0. The second-order valence-electron chi connectivity index (χ2n) is 2.21. The summed E-state index contributed by atoms with van der Waals surface area (Å²) in [6.45, 7) is 3.90. The molecule has 0 bridgehead atoms. The summed E-state index contributed by atoms with van der Waals surface area (Å²) in [6.07, 6.45) is 0. The van der Waals surface area contributed by atoms with Crippen LogP contribution in [0.15, 0.2) is 4.99 Å². The van der Waals surface area contributed by atoms with Crippen LogP contribution in [0.4, 0.5) is 0 Å². The molecule has 0 fully saturated rings. The summed E-state index contributed by atoms with van der Waals surface area (Å²) in [5, 5.41) is 10.7. The molecule has 54 valence electrons. The van der Waals surface area contributed by atoms with Crippen molar-refractivity contribution in [2.75, 3.05) is 14.1 Å². The van der Waals surface area contributed by atoms with Crippen molar-refractivity contribution in [2.45, 2.75) is 19.9 Å². The van der Waals surface area contributed by atoms with Gasteiger partial charge in [0, 0.05) is 26.2 Å². The molecular formula is C6H13N2O-. The molecule has 0 spiro atoms. The van der Waals surface area contributed by atoms with Crippen LogP contribution in [0.25, 0.3) is 0 Å². The Morgan fingerprint density at radius 2 is 2.00 bits per heavy atom. The Kier molecular flexibility index (Phi) is 3.06. The van der Waals surface area contributed by atoms with Crippen molar-refractivity contribution in [2.24, 2.45) is 4.99 Å². The Hall–Kier alpha value is -0.730. The molecule has 0 amide bonds. The quantitative estimate of drug-likeness (QED) is 0.359. The molecule has 0 aromatic heterocycles. The molecule has 0 atom stereocenters. The largest absolute Gasteiger partial charge is 0.846 e. The fourth-order valence-electron chi connectivity index (χ4n) is 0.379. The van der Waals surface area contributed by atoms with Gasteiger partial charge in [-0.1, -0.05) is 0 Å². The van der Waals surface area contributed by atoms with Gasteiger partial charge in [-0.25, -0.2) is 0 Å². The van der Waals surface area contributed by atoms with Crippen molar-refractivity contribution >= 4 is 6.02 Å². The highest BCUT2D eigenvalue weighted by Gasteiger charge is 1.97. The van der Waals surface area contributed by atoms with E-state index < -0.39 is 0 Å². The molecule has 3 heteroatoms. The second kappa shape index (κ2) is 3.33. The molecule has 0 aliphatic rings. The lowest BCUT2D eigenvalue weighted by atomic mass is 10.4. The zero-order chi connectivity index (χ0) is 7.44. The molecule has 0 aliphatic heterocycles. The molecule has 0 aromatic rings. The lowest BCUT2D eigenvalue weighted by Crippen LogP contribution is -2.41. The second-order valence-corrected chi connectivity index (χ2v) is 2.21. The summed E-state index contributed by atoms with van der Waals surface area (Å²) in [5.41, 5.74) is 0. The molecule has 3 nitrogen and oxygen atoms in total. The lowest BCUT2D eigenvalue weighted by molar-refractivity contribution is -0.235. The van der Waals surface area contributed by atoms with Gasteiger partial charge in [-0.15, -0.1) is 0 Å². The van der Waals surface area contributed by atoms with Crippen LogP contribution in [0, 0.1) is 0 Å². The number of aliphatic imine (C=N–C) groups is 1. The minimum Gasteiger partial charge on any atom is -0.846 e. The van der Waals surface area contributed by atoms with Crippen molar-refractivity contribution in [1.82, 2.24) is 4.90 Å². The van der Waals surface area contributed by atoms with E-state index >= 15 is 0 Å². The first-order chi connectivity index (χ1) is 4.09. The van der Waals surface area contributed by atoms with Crippen LogP contribution < -0.4 is 5.11 Å². The van der Waals surface area contributed by atoms with Gasteiger partial charge in [0.05, 0.1) is 0 Å². The Bertz CT molecular complexity index is 110. The maximum Gasteiger partial charge on any atom is 0.0495 e. The minimum atomic E-state index is -0.162. The third-order valence-electron chi connectivity index (χ3n) is 1.27. The van der Waals surface area contributed by atoms with E-state index in [9.17, 15) is 5.11 Å². The topological polar surface area (TPSA) is 38.7 Å². The van der Waals surface area contributed by atoms with Crippen molar-refractivity contribution in [1.29, 1.82) is 0 Å². The van der Waals surface area contributed by atoms with Gasteiger partial charge < -0.3 is 10.0 Å². The van der Waals surface area contributed by atoms with Crippen LogP contribution in [-0.2, 0) is 0 Å². The molecule has 0 aromatic carbocycles. The summed E-state index contributed by atoms with van der Waals surface area (Å²) in [6, 6.07) is 0.0752. The van der Waals surface area contributed by atoms with Crippen LogP contribution in [0.5, 0.6) is 0 Å². The van der Waals surface area contributed by atoms with Crippen LogP contribution in [0.1, 0.15) is 13.8 Å². The number of rotatable bonds is 1. The number of hydrogen-bond acceptors (Lipinski definition) is 2. The molecule has 0 radical (unpaired) electrons. The van der Waals surface area contributed by atoms with Crippen molar-refractivity contribution in [3.8, 4) is 0 Å². The first kappa shape index (κ1) is 8.27. The van der Waals surface area contributed by atoms with Gasteiger partial charge in [0.25, 0.3) is 0 Å². The number of hydrogen-bond donors (Lipinski definition) is 0. The van der Waals surface area contributed by atoms with E-state index in [1.54, 1.807) is 11.9 Å². The minimum absolute atomic E-state index is 0.162. The molecule has 0 N–H and O–H groups in total. The van der Waals surface area contributed by atoms with Crippen molar-refractivity contribution in [3.63, 3.8) is 0 Å². The maximum atomic E-state index is 10.7. The first-order valence-corrected chi connectivity index (χ1v) is 2.96. The molecule has 0 saturated carbocycles. The van der Waals surface area contributed by atoms with Gasteiger partial charge in [-0.2, -0.15) is 0 Å². The van der Waals surface area contributed by atoms with Crippen LogP contribution in [-0.4, -0.2) is 31.1 Å². The summed E-state index contributed by atoms with van der Waals surface area (Å²) in [4.78, 5) is 5.08. The molecule has 0 aliphatic carbocycles. The maximum absolute atomic E-state index is 10.7. The van der Waals surface area contributed by atoms with Crippen molar-refractivity contribution < 1.29 is 5.11 Å². The number of amidine groups is 1. The van der Waals surface area contributed by atoms with Gasteiger partial charge >= 0.3 is 0 Å². The van der Waals surface area contributed by atoms with E-state index in [0.29, 0.717) is 0 Å². The van der Waals surface area contributed by atoms with Gasteiger partial charge in [-0.3, -0.25) is 4.99 Å². The Balaban J connectivity index is 3.88. The van der Waals surface area contributed by atoms with E-state index in [2.05, 4.69) is 4.99 Å². The van der Waals surface area contributed by atoms with E-state index in [0.717, 1.165) is 0 Å². The molecule has 0 heterocycles. The van der Waals surface area contributed by atoms with Gasteiger partial charge in [0.15, 0.2) is 0 Å². The lowest BCUT2D eigenvalue weighted by Gasteiger charge is -2.28. The van der Waals surface area contributed by atoms with Gasteiger partial charge in [0.2, 0.25) is 0 Å². The summed E-state index contributed by atoms with van der Waals surface area (Å²) in [5.74, 6) is 0. The first-order valence-electron chi connectivity index (χ1n) is 2.96. The highest BCUT2D eigenvalue weighted by Crippen LogP contribution is 1.90. The Morgan fingerprint density at radius 1 is 1.56 bits per heavy atom. The monoisotopic (exact) mass is 129 g/mol. The third-order valence-corrected chi connectivity index (χ3v) is 1.27. The van der Waals surface area contributed by atoms with Crippen LogP contribution in [0.3, 0.4) is 0 Å². The average Bonchev–Trinajstić information content (AvgIpc) is 1.84. The zero-order valence-electron chi connectivity index (χ0n) is 6.38. The summed E-state index contributed by atoms with van der Waals surface area (Å²) < 4.78 is 0. The molecule has 0 saturated heterocycles. The molecule has 0 unspecified atom stereocenters. The fraction of sp³-hybridized carbons (Fsp3) is 0.833. The Morgan fingerprint density at radius 3 is 2.11 bits per heavy atom. The zero-order valence-corrected chi connectivity index (χ0v) is 6.38. The smallest absolute Gasteiger partial charge is 0.0495 e. The predicted octanol–water partition coefficient (Wildman–Crippen LogP) is -0.327. The SMILES string of the molecule is CN=C([O-])N(C)C(C)C. The average molecular weight is 129 g/mol. The predicted molar refractivity (Wildman–Crippen MR) is 36.3 cm³/mol. The van der Waals surface area contributed by atoms with E-state index in [4.69, 9.17) is 0 Å². The van der Waals surface area contributed by atoms with E-state index in [1.807, 2.05) is 13.8 Å². The Labute approximate surface area is 56.0 Å². The summed E-state index contributed by atoms with van der Waals surface area (Å²) in [7, 11) is 3.24. The van der Waals surface area contributed by atoms with E-state index in [-0.39, 0.29) is 12.1 Å². The highest BCUT2D eigenvalue weighted by atomic mass is 16.3.